The van der Waals surface area contributed by atoms with Gasteiger partial charge in [0.25, 0.3) is 5.69 Å². The van der Waals surface area contributed by atoms with Crippen LogP contribution < -0.4 is 0 Å². The van der Waals surface area contributed by atoms with Gasteiger partial charge in [-0.2, -0.15) is 5.10 Å². The Hall–Kier alpha value is -2.28. The third-order valence-corrected chi connectivity index (χ3v) is 2.13. The van der Waals surface area contributed by atoms with Crippen molar-refractivity contribution in [2.24, 2.45) is 0 Å². The number of hydrogen-bond donors (Lipinski definition) is 1. The molecular formula is C10H10N4O3. The van der Waals surface area contributed by atoms with E-state index in [2.05, 4.69) is 15.2 Å². The number of nitrogens with zero attached hydrogens (tertiary/aromatic N) is 3. The van der Waals surface area contributed by atoms with Gasteiger partial charge in [-0.15, -0.1) is 0 Å². The molecule has 0 saturated carbocycles. The zero-order chi connectivity index (χ0) is 12.3. The molecule has 0 radical (unpaired) electrons. The van der Waals surface area contributed by atoms with E-state index >= 15 is 0 Å². The second-order valence-corrected chi connectivity index (χ2v) is 3.35. The van der Waals surface area contributed by atoms with Gasteiger partial charge < -0.3 is 4.74 Å². The second-order valence-electron chi connectivity index (χ2n) is 3.35. The van der Waals surface area contributed by atoms with Crippen molar-refractivity contribution >= 4 is 5.69 Å². The largest absolute Gasteiger partial charge is 0.377 e. The predicted molar refractivity (Wildman–Crippen MR) is 59.2 cm³/mol. The number of hydrogen-bond acceptors (Lipinski definition) is 5. The molecule has 0 fully saturated rings. The molecule has 1 N–H and O–H groups in total. The number of methoxy groups -OCH3 is 1. The van der Waals surface area contributed by atoms with E-state index < -0.39 is 4.92 Å². The first-order valence-corrected chi connectivity index (χ1v) is 4.86. The van der Waals surface area contributed by atoms with Crippen LogP contribution in [0, 0.1) is 10.1 Å². The maximum absolute atomic E-state index is 10.6. The van der Waals surface area contributed by atoms with Gasteiger partial charge in [0.05, 0.1) is 4.92 Å². The molecule has 0 saturated heterocycles. The van der Waals surface area contributed by atoms with Crippen molar-refractivity contribution < 1.29 is 9.66 Å². The summed E-state index contributed by atoms with van der Waals surface area (Å²) >= 11 is 0. The fraction of sp³-hybridized carbons (Fsp3) is 0.200. The topological polar surface area (TPSA) is 93.9 Å². The SMILES string of the molecule is COCc1nc(-c2cccc([N+](=O)[O-])c2)n[nH]1. The van der Waals surface area contributed by atoms with Crippen molar-refractivity contribution in [2.45, 2.75) is 6.61 Å². The second kappa shape index (κ2) is 4.71. The minimum absolute atomic E-state index is 0.0144. The molecule has 88 valence electrons. The molecule has 0 aliphatic carbocycles. The summed E-state index contributed by atoms with van der Waals surface area (Å²) in [5, 5.41) is 17.3. The van der Waals surface area contributed by atoms with E-state index in [0.717, 1.165) is 0 Å². The van der Waals surface area contributed by atoms with Crippen LogP contribution in [0.4, 0.5) is 5.69 Å². The van der Waals surface area contributed by atoms with Gasteiger partial charge >= 0.3 is 0 Å². The third kappa shape index (κ3) is 2.45. The summed E-state index contributed by atoms with van der Waals surface area (Å²) in [5.74, 6) is 0.995. The number of nitrogens with one attached hydrogen (secondary N) is 1. The first kappa shape index (κ1) is 11.2. The summed E-state index contributed by atoms with van der Waals surface area (Å²) in [6.45, 7) is 0.321. The van der Waals surface area contributed by atoms with Gasteiger partial charge in [0, 0.05) is 24.8 Å². The Bertz CT molecular complexity index is 538. The van der Waals surface area contributed by atoms with Gasteiger partial charge in [-0.1, -0.05) is 12.1 Å². The molecule has 1 aromatic carbocycles. The molecule has 0 amide bonds. The van der Waals surface area contributed by atoms with Crippen LogP contribution in [0.25, 0.3) is 11.4 Å². The lowest BCUT2D eigenvalue weighted by molar-refractivity contribution is -0.384. The Morgan fingerprint density at radius 2 is 2.35 bits per heavy atom. The Kier molecular flexibility index (Phi) is 3.10. The molecule has 0 aliphatic rings. The van der Waals surface area contributed by atoms with E-state index in [9.17, 15) is 10.1 Å². The Morgan fingerprint density at radius 3 is 3.06 bits per heavy atom. The first-order chi connectivity index (χ1) is 8.20. The van der Waals surface area contributed by atoms with E-state index in [4.69, 9.17) is 4.74 Å². The lowest BCUT2D eigenvalue weighted by atomic mass is 10.2. The number of benzene rings is 1. The van der Waals surface area contributed by atoms with Crippen molar-refractivity contribution in [1.82, 2.24) is 15.2 Å². The fourth-order valence-corrected chi connectivity index (χ4v) is 1.38. The molecule has 1 heterocycles. The lowest BCUT2D eigenvalue weighted by Crippen LogP contribution is -1.90. The van der Waals surface area contributed by atoms with Gasteiger partial charge in [-0.25, -0.2) is 4.98 Å². The van der Waals surface area contributed by atoms with Crippen molar-refractivity contribution in [3.63, 3.8) is 0 Å². The number of aromatic nitrogens is 3. The van der Waals surface area contributed by atoms with Crippen LogP contribution in [0.3, 0.4) is 0 Å². The standard InChI is InChI=1S/C10H10N4O3/c1-17-6-9-11-10(13-12-9)7-3-2-4-8(5-7)14(15)16/h2-5H,6H2,1H3,(H,11,12,13). The summed E-state index contributed by atoms with van der Waals surface area (Å²) in [4.78, 5) is 14.3. The van der Waals surface area contributed by atoms with E-state index in [1.54, 1.807) is 19.2 Å². The van der Waals surface area contributed by atoms with E-state index in [1.165, 1.54) is 12.1 Å². The van der Waals surface area contributed by atoms with Gasteiger partial charge in [-0.3, -0.25) is 15.2 Å². The quantitative estimate of drug-likeness (QED) is 0.639. The number of nitro benzene ring substituents is 1. The van der Waals surface area contributed by atoms with Crippen LogP contribution >= 0.6 is 0 Å². The minimum atomic E-state index is -0.452. The number of rotatable bonds is 4. The summed E-state index contributed by atoms with van der Waals surface area (Å²) in [5.41, 5.74) is 0.610. The van der Waals surface area contributed by atoms with Gasteiger partial charge in [0.1, 0.15) is 6.61 Å². The summed E-state index contributed by atoms with van der Waals surface area (Å²) < 4.78 is 4.90. The van der Waals surface area contributed by atoms with E-state index in [1.807, 2.05) is 0 Å². The highest BCUT2D eigenvalue weighted by molar-refractivity contribution is 5.58. The summed E-state index contributed by atoms with van der Waals surface area (Å²) in [6, 6.07) is 6.17. The highest BCUT2D eigenvalue weighted by Crippen LogP contribution is 2.20. The highest BCUT2D eigenvalue weighted by Gasteiger charge is 2.10. The number of ether oxygens (including phenoxy) is 1. The van der Waals surface area contributed by atoms with Crippen LogP contribution in [0.1, 0.15) is 5.82 Å². The zero-order valence-corrected chi connectivity index (χ0v) is 9.08. The molecule has 0 atom stereocenters. The molecule has 0 unspecified atom stereocenters. The normalized spacial score (nSPS) is 10.4. The van der Waals surface area contributed by atoms with Crippen LogP contribution in [-0.2, 0) is 11.3 Å². The van der Waals surface area contributed by atoms with Crippen molar-refractivity contribution in [2.75, 3.05) is 7.11 Å². The van der Waals surface area contributed by atoms with Gasteiger partial charge in [-0.05, 0) is 0 Å². The lowest BCUT2D eigenvalue weighted by Gasteiger charge is -1.95. The van der Waals surface area contributed by atoms with Gasteiger partial charge in [0.15, 0.2) is 11.6 Å². The maximum atomic E-state index is 10.6. The average molecular weight is 234 g/mol. The van der Waals surface area contributed by atoms with E-state index in [-0.39, 0.29) is 5.69 Å². The zero-order valence-electron chi connectivity index (χ0n) is 9.08. The van der Waals surface area contributed by atoms with E-state index in [0.29, 0.717) is 23.8 Å². The molecule has 2 aromatic rings. The molecule has 0 aliphatic heterocycles. The molecule has 1 aromatic heterocycles. The van der Waals surface area contributed by atoms with Crippen LogP contribution in [0.5, 0.6) is 0 Å². The third-order valence-electron chi connectivity index (χ3n) is 2.13. The van der Waals surface area contributed by atoms with Crippen LogP contribution in [0.2, 0.25) is 0 Å². The molecule has 7 nitrogen and oxygen atoms in total. The van der Waals surface area contributed by atoms with Crippen LogP contribution in [-0.4, -0.2) is 27.2 Å². The van der Waals surface area contributed by atoms with Crippen LogP contribution in [0.15, 0.2) is 24.3 Å². The van der Waals surface area contributed by atoms with Gasteiger partial charge in [0.2, 0.25) is 0 Å². The average Bonchev–Trinajstić information content (AvgIpc) is 2.78. The molecule has 2 rings (SSSR count). The molecule has 0 bridgehead atoms. The number of aromatic amines is 1. The van der Waals surface area contributed by atoms with Crippen molar-refractivity contribution in [3.05, 3.63) is 40.2 Å². The number of non-ortho nitro benzene ring substituents is 1. The Labute approximate surface area is 96.6 Å². The van der Waals surface area contributed by atoms with Crippen molar-refractivity contribution in [3.8, 4) is 11.4 Å². The smallest absolute Gasteiger partial charge is 0.270 e. The molecule has 17 heavy (non-hydrogen) atoms. The highest BCUT2D eigenvalue weighted by atomic mass is 16.6. The Balaban J connectivity index is 2.32. The fourth-order valence-electron chi connectivity index (χ4n) is 1.38. The number of H-pyrrole nitrogens is 1. The number of nitro groups is 1. The maximum Gasteiger partial charge on any atom is 0.270 e. The molecule has 7 heteroatoms. The molecule has 0 spiro atoms. The Morgan fingerprint density at radius 1 is 1.53 bits per heavy atom. The summed E-state index contributed by atoms with van der Waals surface area (Å²) in [6.07, 6.45) is 0. The minimum Gasteiger partial charge on any atom is -0.377 e. The first-order valence-electron chi connectivity index (χ1n) is 4.86. The summed E-state index contributed by atoms with van der Waals surface area (Å²) in [7, 11) is 1.55. The predicted octanol–water partition coefficient (Wildman–Crippen LogP) is 1.53. The monoisotopic (exact) mass is 234 g/mol. The molecular weight excluding hydrogens is 224 g/mol. The van der Waals surface area contributed by atoms with Crippen molar-refractivity contribution in [1.29, 1.82) is 0 Å².